The van der Waals surface area contributed by atoms with E-state index in [9.17, 15) is 9.59 Å². The van der Waals surface area contributed by atoms with Crippen LogP contribution in [0.2, 0.25) is 0 Å². The molecule has 0 fully saturated rings. The predicted molar refractivity (Wildman–Crippen MR) is 78.4 cm³/mol. The molecular formula is C16H23NO3. The first-order valence-corrected chi connectivity index (χ1v) is 7.09. The van der Waals surface area contributed by atoms with Crippen molar-refractivity contribution in [1.29, 1.82) is 0 Å². The molecule has 0 bridgehead atoms. The summed E-state index contributed by atoms with van der Waals surface area (Å²) in [6.07, 6.45) is 0.812. The smallest absolute Gasteiger partial charge is 0.325 e. The molecule has 4 heteroatoms. The molecule has 1 rings (SSSR count). The van der Waals surface area contributed by atoms with E-state index in [1.807, 2.05) is 44.2 Å². The van der Waals surface area contributed by atoms with Gasteiger partial charge in [-0.05, 0) is 25.8 Å². The molecule has 0 N–H and O–H groups in total. The topological polar surface area (TPSA) is 46.6 Å². The molecule has 0 saturated heterocycles. The molecule has 0 aliphatic heterocycles. The van der Waals surface area contributed by atoms with Gasteiger partial charge in [0, 0.05) is 6.54 Å². The fourth-order valence-corrected chi connectivity index (χ4v) is 2.06. The summed E-state index contributed by atoms with van der Waals surface area (Å²) in [4.78, 5) is 25.6. The largest absolute Gasteiger partial charge is 0.465 e. The van der Waals surface area contributed by atoms with Crippen molar-refractivity contribution in [1.82, 2.24) is 4.90 Å². The van der Waals surface area contributed by atoms with Crippen LogP contribution in [0, 0.1) is 0 Å². The lowest BCUT2D eigenvalue weighted by atomic mass is 10.00. The fourth-order valence-electron chi connectivity index (χ4n) is 2.06. The quantitative estimate of drug-likeness (QED) is 0.720. The molecule has 0 radical (unpaired) electrons. The summed E-state index contributed by atoms with van der Waals surface area (Å²) in [7, 11) is 0. The van der Waals surface area contributed by atoms with Crippen LogP contribution in [-0.4, -0.2) is 36.5 Å². The number of ether oxygens (including phenoxy) is 1. The number of carbonyl (C=O) groups is 2. The highest BCUT2D eigenvalue weighted by Gasteiger charge is 2.23. The van der Waals surface area contributed by atoms with Gasteiger partial charge in [0.1, 0.15) is 6.54 Å². The summed E-state index contributed by atoms with van der Waals surface area (Å²) in [5.41, 5.74) is 0.961. The standard InChI is InChI=1S/C16H23NO3/c1-4-11-17(12-15(18)20-5-2)16(19)13(3)14-9-7-6-8-10-14/h6-10,13H,4-5,11-12H2,1-3H3. The van der Waals surface area contributed by atoms with Crippen LogP contribution >= 0.6 is 0 Å². The first-order chi connectivity index (χ1) is 9.60. The van der Waals surface area contributed by atoms with E-state index in [1.54, 1.807) is 11.8 Å². The molecule has 1 unspecified atom stereocenters. The Hall–Kier alpha value is -1.84. The number of carbonyl (C=O) groups excluding carboxylic acids is 2. The summed E-state index contributed by atoms with van der Waals surface area (Å²) in [6, 6.07) is 9.60. The minimum atomic E-state index is -0.352. The second-order valence-electron chi connectivity index (χ2n) is 4.70. The first-order valence-electron chi connectivity index (χ1n) is 7.09. The lowest BCUT2D eigenvalue weighted by molar-refractivity contribution is -0.149. The molecule has 1 atom stereocenters. The van der Waals surface area contributed by atoms with E-state index < -0.39 is 0 Å². The number of benzene rings is 1. The van der Waals surface area contributed by atoms with E-state index in [-0.39, 0.29) is 24.3 Å². The Morgan fingerprint density at radius 3 is 2.40 bits per heavy atom. The number of esters is 1. The van der Waals surface area contributed by atoms with Gasteiger partial charge >= 0.3 is 5.97 Å². The van der Waals surface area contributed by atoms with Gasteiger partial charge in [0.25, 0.3) is 0 Å². The van der Waals surface area contributed by atoms with Crippen molar-refractivity contribution in [2.75, 3.05) is 19.7 Å². The number of hydrogen-bond donors (Lipinski definition) is 0. The molecule has 0 aliphatic rings. The number of amides is 1. The lowest BCUT2D eigenvalue weighted by Gasteiger charge is -2.24. The summed E-state index contributed by atoms with van der Waals surface area (Å²) in [5.74, 6) is -0.641. The van der Waals surface area contributed by atoms with E-state index in [4.69, 9.17) is 4.74 Å². The van der Waals surface area contributed by atoms with Crippen LogP contribution in [0.3, 0.4) is 0 Å². The summed E-state index contributed by atoms with van der Waals surface area (Å²) in [5, 5.41) is 0. The van der Waals surface area contributed by atoms with Gasteiger partial charge in [0.15, 0.2) is 0 Å². The van der Waals surface area contributed by atoms with E-state index in [0.717, 1.165) is 12.0 Å². The zero-order valence-corrected chi connectivity index (χ0v) is 12.5. The van der Waals surface area contributed by atoms with Gasteiger partial charge in [0.05, 0.1) is 12.5 Å². The third kappa shape index (κ3) is 4.68. The van der Waals surface area contributed by atoms with Crippen molar-refractivity contribution in [3.05, 3.63) is 35.9 Å². The molecule has 1 aromatic carbocycles. The molecule has 1 amide bonds. The van der Waals surface area contributed by atoms with Crippen molar-refractivity contribution in [3.8, 4) is 0 Å². The van der Waals surface area contributed by atoms with E-state index in [0.29, 0.717) is 13.2 Å². The Labute approximate surface area is 120 Å². The Morgan fingerprint density at radius 1 is 1.20 bits per heavy atom. The summed E-state index contributed by atoms with van der Waals surface area (Å²) in [6.45, 7) is 6.54. The van der Waals surface area contributed by atoms with Crippen LogP contribution in [0.4, 0.5) is 0 Å². The lowest BCUT2D eigenvalue weighted by Crippen LogP contribution is -2.39. The van der Waals surface area contributed by atoms with Gasteiger partial charge in [-0.3, -0.25) is 9.59 Å². The average Bonchev–Trinajstić information content (AvgIpc) is 2.46. The third-order valence-corrected chi connectivity index (χ3v) is 3.10. The molecule has 110 valence electrons. The minimum Gasteiger partial charge on any atom is -0.465 e. The highest BCUT2D eigenvalue weighted by molar-refractivity contribution is 5.86. The number of nitrogens with zero attached hydrogens (tertiary/aromatic N) is 1. The fraction of sp³-hybridized carbons (Fsp3) is 0.500. The maximum atomic E-state index is 12.5. The monoisotopic (exact) mass is 277 g/mol. The van der Waals surface area contributed by atoms with Crippen LogP contribution < -0.4 is 0 Å². The van der Waals surface area contributed by atoms with Gasteiger partial charge in [-0.1, -0.05) is 37.3 Å². The minimum absolute atomic E-state index is 0.0255. The molecule has 0 heterocycles. The normalized spacial score (nSPS) is 11.8. The SMILES string of the molecule is CCCN(CC(=O)OCC)C(=O)C(C)c1ccccc1. The Balaban J connectivity index is 2.75. The molecule has 0 aromatic heterocycles. The highest BCUT2D eigenvalue weighted by atomic mass is 16.5. The van der Waals surface area contributed by atoms with Crippen LogP contribution in [0.25, 0.3) is 0 Å². The molecule has 4 nitrogen and oxygen atoms in total. The molecule has 0 spiro atoms. The molecule has 0 saturated carbocycles. The molecular weight excluding hydrogens is 254 g/mol. The second kappa shape index (κ2) is 8.35. The zero-order valence-electron chi connectivity index (χ0n) is 12.5. The van der Waals surface area contributed by atoms with Crippen LogP contribution in [-0.2, 0) is 14.3 Å². The van der Waals surface area contributed by atoms with Gasteiger partial charge in [-0.2, -0.15) is 0 Å². The van der Waals surface area contributed by atoms with E-state index in [2.05, 4.69) is 0 Å². The van der Waals surface area contributed by atoms with E-state index in [1.165, 1.54) is 0 Å². The summed E-state index contributed by atoms with van der Waals surface area (Å²) >= 11 is 0. The number of rotatable bonds is 7. The van der Waals surface area contributed by atoms with Crippen molar-refractivity contribution >= 4 is 11.9 Å². The van der Waals surface area contributed by atoms with Crippen molar-refractivity contribution < 1.29 is 14.3 Å². The van der Waals surface area contributed by atoms with Gasteiger partial charge in [0.2, 0.25) is 5.91 Å². The van der Waals surface area contributed by atoms with Gasteiger partial charge in [-0.25, -0.2) is 0 Å². The van der Waals surface area contributed by atoms with Gasteiger partial charge in [-0.15, -0.1) is 0 Å². The van der Waals surface area contributed by atoms with Crippen molar-refractivity contribution in [3.63, 3.8) is 0 Å². The third-order valence-electron chi connectivity index (χ3n) is 3.10. The summed E-state index contributed by atoms with van der Waals surface area (Å²) < 4.78 is 4.92. The first kappa shape index (κ1) is 16.2. The highest BCUT2D eigenvalue weighted by Crippen LogP contribution is 2.17. The molecule has 0 aliphatic carbocycles. The second-order valence-corrected chi connectivity index (χ2v) is 4.70. The van der Waals surface area contributed by atoms with Crippen LogP contribution in [0.15, 0.2) is 30.3 Å². The molecule has 1 aromatic rings. The number of hydrogen-bond acceptors (Lipinski definition) is 3. The van der Waals surface area contributed by atoms with Crippen LogP contribution in [0.5, 0.6) is 0 Å². The Kier molecular flexibility index (Phi) is 6.77. The zero-order chi connectivity index (χ0) is 15.0. The maximum absolute atomic E-state index is 12.5. The maximum Gasteiger partial charge on any atom is 0.325 e. The van der Waals surface area contributed by atoms with Crippen LogP contribution in [0.1, 0.15) is 38.7 Å². The Morgan fingerprint density at radius 2 is 1.85 bits per heavy atom. The predicted octanol–water partition coefficient (Wildman–Crippen LogP) is 2.59. The molecule has 20 heavy (non-hydrogen) atoms. The Bertz CT molecular complexity index is 431. The average molecular weight is 277 g/mol. The van der Waals surface area contributed by atoms with Crippen molar-refractivity contribution in [2.24, 2.45) is 0 Å². The van der Waals surface area contributed by atoms with Gasteiger partial charge < -0.3 is 9.64 Å². The van der Waals surface area contributed by atoms with E-state index >= 15 is 0 Å². The van der Waals surface area contributed by atoms with Crippen molar-refractivity contribution in [2.45, 2.75) is 33.1 Å².